The molecule has 1 heterocycles. The highest BCUT2D eigenvalue weighted by Gasteiger charge is 2.38. The molecule has 0 saturated heterocycles. The van der Waals surface area contributed by atoms with Crippen LogP contribution in [-0.2, 0) is 0 Å². The van der Waals surface area contributed by atoms with Gasteiger partial charge in [0.05, 0.1) is 6.20 Å². The van der Waals surface area contributed by atoms with Gasteiger partial charge in [0.2, 0.25) is 5.95 Å². The predicted molar refractivity (Wildman–Crippen MR) is 62.0 cm³/mol. The summed E-state index contributed by atoms with van der Waals surface area (Å²) in [4.78, 5) is 7.89. The van der Waals surface area contributed by atoms with Crippen LogP contribution in [0.15, 0.2) is 6.20 Å². The number of nitrogens with zero attached hydrogens (tertiary/aromatic N) is 2. The van der Waals surface area contributed by atoms with Gasteiger partial charge in [-0.1, -0.05) is 0 Å². The van der Waals surface area contributed by atoms with Gasteiger partial charge in [-0.05, 0) is 32.6 Å². The van der Waals surface area contributed by atoms with Crippen LogP contribution in [0.2, 0.25) is 0 Å². The molecule has 1 aromatic rings. The highest BCUT2D eigenvalue weighted by atomic mass is 19.1. The smallest absolute Gasteiger partial charge is 0.224 e. The summed E-state index contributed by atoms with van der Waals surface area (Å²) in [6.07, 6.45) is 3.58. The Morgan fingerprint density at radius 1 is 1.44 bits per heavy atom. The fraction of sp³-hybridized carbons (Fsp3) is 0.636. The second-order valence-corrected chi connectivity index (χ2v) is 4.76. The van der Waals surface area contributed by atoms with Crippen LogP contribution in [0.1, 0.15) is 26.7 Å². The van der Waals surface area contributed by atoms with E-state index in [1.165, 1.54) is 19.0 Å². The first-order valence-electron chi connectivity index (χ1n) is 5.51. The highest BCUT2D eigenvalue weighted by Crippen LogP contribution is 2.41. The van der Waals surface area contributed by atoms with Gasteiger partial charge in [0.15, 0.2) is 11.6 Å². The minimum atomic E-state index is -0.410. The standard InChI is InChI=1S/C11H17FN4/c1-11(2,7-4-5-7)16-9-8(12)6-14-10(13-3)15-9/h6-7H,4-5H2,1-3H3,(H2,13,14,15,16). The van der Waals surface area contributed by atoms with Crippen LogP contribution < -0.4 is 10.6 Å². The molecule has 0 bridgehead atoms. The van der Waals surface area contributed by atoms with Gasteiger partial charge >= 0.3 is 0 Å². The second kappa shape index (κ2) is 3.88. The average molecular weight is 224 g/mol. The van der Waals surface area contributed by atoms with Crippen molar-refractivity contribution in [2.45, 2.75) is 32.2 Å². The van der Waals surface area contributed by atoms with Gasteiger partial charge in [0, 0.05) is 12.6 Å². The van der Waals surface area contributed by atoms with Crippen molar-refractivity contribution in [2.75, 3.05) is 17.7 Å². The fourth-order valence-electron chi connectivity index (χ4n) is 1.79. The Balaban J connectivity index is 2.19. The Morgan fingerprint density at radius 3 is 2.69 bits per heavy atom. The van der Waals surface area contributed by atoms with Crippen molar-refractivity contribution in [3.05, 3.63) is 12.0 Å². The van der Waals surface area contributed by atoms with Crippen molar-refractivity contribution >= 4 is 11.8 Å². The molecule has 2 rings (SSSR count). The van der Waals surface area contributed by atoms with E-state index in [0.29, 0.717) is 11.9 Å². The Morgan fingerprint density at radius 2 is 2.12 bits per heavy atom. The van der Waals surface area contributed by atoms with E-state index in [0.717, 1.165) is 0 Å². The zero-order valence-corrected chi connectivity index (χ0v) is 9.84. The summed E-state index contributed by atoms with van der Waals surface area (Å²) in [5, 5.41) is 5.95. The molecular formula is C11H17FN4. The molecule has 16 heavy (non-hydrogen) atoms. The molecule has 0 spiro atoms. The molecule has 5 heteroatoms. The lowest BCUT2D eigenvalue weighted by atomic mass is 9.99. The quantitative estimate of drug-likeness (QED) is 0.823. The van der Waals surface area contributed by atoms with Crippen LogP contribution in [0.5, 0.6) is 0 Å². The molecule has 0 atom stereocenters. The van der Waals surface area contributed by atoms with Crippen LogP contribution in [0, 0.1) is 11.7 Å². The zero-order valence-electron chi connectivity index (χ0n) is 9.84. The maximum Gasteiger partial charge on any atom is 0.224 e. The van der Waals surface area contributed by atoms with Crippen molar-refractivity contribution in [3.8, 4) is 0 Å². The molecule has 0 amide bonds. The van der Waals surface area contributed by atoms with E-state index in [1.54, 1.807) is 7.05 Å². The maximum atomic E-state index is 13.5. The van der Waals surface area contributed by atoms with Crippen molar-refractivity contribution in [1.29, 1.82) is 0 Å². The van der Waals surface area contributed by atoms with Crippen LogP contribution in [0.3, 0.4) is 0 Å². The van der Waals surface area contributed by atoms with Gasteiger partial charge in [0.1, 0.15) is 0 Å². The van der Waals surface area contributed by atoms with E-state index < -0.39 is 5.82 Å². The lowest BCUT2D eigenvalue weighted by molar-refractivity contribution is 0.485. The van der Waals surface area contributed by atoms with E-state index in [1.807, 2.05) is 0 Å². The lowest BCUT2D eigenvalue weighted by Gasteiger charge is -2.27. The SMILES string of the molecule is CNc1ncc(F)c(NC(C)(C)C2CC2)n1. The molecular weight excluding hydrogens is 207 g/mol. The minimum absolute atomic E-state index is 0.111. The van der Waals surface area contributed by atoms with E-state index >= 15 is 0 Å². The summed E-state index contributed by atoms with van der Waals surface area (Å²) in [6.45, 7) is 4.15. The van der Waals surface area contributed by atoms with E-state index in [2.05, 4.69) is 34.4 Å². The summed E-state index contributed by atoms with van der Waals surface area (Å²) in [5.41, 5.74) is -0.111. The van der Waals surface area contributed by atoms with Gasteiger partial charge in [-0.2, -0.15) is 4.98 Å². The summed E-state index contributed by atoms with van der Waals surface area (Å²) in [6, 6.07) is 0. The van der Waals surface area contributed by atoms with Gasteiger partial charge in [-0.15, -0.1) is 0 Å². The summed E-state index contributed by atoms with van der Waals surface area (Å²) < 4.78 is 13.5. The number of rotatable bonds is 4. The first-order valence-corrected chi connectivity index (χ1v) is 5.51. The van der Waals surface area contributed by atoms with Crippen molar-refractivity contribution in [2.24, 2.45) is 5.92 Å². The summed E-state index contributed by atoms with van der Waals surface area (Å²) in [7, 11) is 1.71. The molecule has 2 N–H and O–H groups in total. The van der Waals surface area contributed by atoms with Crippen molar-refractivity contribution < 1.29 is 4.39 Å². The van der Waals surface area contributed by atoms with Crippen LogP contribution in [0.4, 0.5) is 16.2 Å². The van der Waals surface area contributed by atoms with E-state index in [-0.39, 0.29) is 11.4 Å². The minimum Gasteiger partial charge on any atom is -0.362 e. The third-order valence-electron chi connectivity index (χ3n) is 3.01. The van der Waals surface area contributed by atoms with E-state index in [4.69, 9.17) is 0 Å². The number of hydrogen-bond donors (Lipinski definition) is 2. The zero-order chi connectivity index (χ0) is 11.8. The molecule has 1 saturated carbocycles. The highest BCUT2D eigenvalue weighted by molar-refractivity contribution is 5.43. The van der Waals surface area contributed by atoms with Gasteiger partial charge in [-0.3, -0.25) is 0 Å². The Kier molecular flexibility index (Phi) is 2.69. The lowest BCUT2D eigenvalue weighted by Crippen LogP contribution is -2.34. The normalized spacial score (nSPS) is 16.0. The molecule has 0 aliphatic heterocycles. The van der Waals surface area contributed by atoms with Gasteiger partial charge in [0.25, 0.3) is 0 Å². The Bertz CT molecular complexity index is 388. The first kappa shape index (κ1) is 11.1. The molecule has 88 valence electrons. The van der Waals surface area contributed by atoms with Crippen molar-refractivity contribution in [3.63, 3.8) is 0 Å². The first-order chi connectivity index (χ1) is 7.53. The fourth-order valence-corrected chi connectivity index (χ4v) is 1.79. The van der Waals surface area contributed by atoms with Gasteiger partial charge in [-0.25, -0.2) is 9.37 Å². The van der Waals surface area contributed by atoms with Crippen LogP contribution >= 0.6 is 0 Å². The largest absolute Gasteiger partial charge is 0.362 e. The number of nitrogens with one attached hydrogen (secondary N) is 2. The molecule has 1 aliphatic carbocycles. The number of halogens is 1. The molecule has 0 aromatic carbocycles. The molecule has 4 nitrogen and oxygen atoms in total. The topological polar surface area (TPSA) is 49.8 Å². The third kappa shape index (κ3) is 2.23. The van der Waals surface area contributed by atoms with Crippen LogP contribution in [0.25, 0.3) is 0 Å². The number of aromatic nitrogens is 2. The molecule has 0 unspecified atom stereocenters. The number of anilines is 2. The monoisotopic (exact) mass is 224 g/mol. The average Bonchev–Trinajstić information content (AvgIpc) is 3.04. The molecule has 1 aliphatic rings. The predicted octanol–water partition coefficient (Wildman–Crippen LogP) is 2.26. The molecule has 1 fully saturated rings. The maximum absolute atomic E-state index is 13.5. The molecule has 0 radical (unpaired) electrons. The third-order valence-corrected chi connectivity index (χ3v) is 3.01. The van der Waals surface area contributed by atoms with Crippen molar-refractivity contribution in [1.82, 2.24) is 9.97 Å². The van der Waals surface area contributed by atoms with Crippen LogP contribution in [-0.4, -0.2) is 22.6 Å². The summed E-state index contributed by atoms with van der Waals surface area (Å²) >= 11 is 0. The second-order valence-electron chi connectivity index (χ2n) is 4.76. The molecule has 1 aromatic heterocycles. The Hall–Kier alpha value is -1.39. The Labute approximate surface area is 94.7 Å². The van der Waals surface area contributed by atoms with E-state index in [9.17, 15) is 4.39 Å². The van der Waals surface area contributed by atoms with Gasteiger partial charge < -0.3 is 10.6 Å². The summed E-state index contributed by atoms with van der Waals surface area (Å²) in [5.74, 6) is 0.902. The number of hydrogen-bond acceptors (Lipinski definition) is 4.